The van der Waals surface area contributed by atoms with Gasteiger partial charge in [0.15, 0.2) is 5.92 Å². The van der Waals surface area contributed by atoms with E-state index in [-0.39, 0.29) is 5.84 Å². The molecule has 7 nitrogen and oxygen atoms in total. The summed E-state index contributed by atoms with van der Waals surface area (Å²) in [6.07, 6.45) is 0. The highest BCUT2D eigenvalue weighted by atomic mass is 16.2. The Morgan fingerprint density at radius 2 is 1.72 bits per heavy atom. The Morgan fingerprint density at radius 3 is 2.40 bits per heavy atom. The third kappa shape index (κ3) is 3.12. The van der Waals surface area contributed by atoms with Crippen molar-refractivity contribution in [3.63, 3.8) is 0 Å². The lowest BCUT2D eigenvalue weighted by Gasteiger charge is -2.13. The molecule has 2 aromatic carbocycles. The summed E-state index contributed by atoms with van der Waals surface area (Å²) in [6.45, 7) is 1.80. The first kappa shape index (κ1) is 16.4. The van der Waals surface area contributed by atoms with E-state index in [1.54, 1.807) is 55.5 Å². The molecule has 25 heavy (non-hydrogen) atoms. The summed E-state index contributed by atoms with van der Waals surface area (Å²) in [7, 11) is 0. The molecule has 0 unspecified atom stereocenters. The fourth-order valence-electron chi connectivity index (χ4n) is 2.50. The van der Waals surface area contributed by atoms with Gasteiger partial charge in [-0.15, -0.1) is 0 Å². The number of benzene rings is 2. The van der Waals surface area contributed by atoms with Crippen LogP contribution in [0, 0.1) is 12.8 Å². The molecule has 0 spiro atoms. The summed E-state index contributed by atoms with van der Waals surface area (Å²) in [6, 6.07) is 15.6. The molecule has 0 saturated carbocycles. The summed E-state index contributed by atoms with van der Waals surface area (Å²) >= 11 is 0. The van der Waals surface area contributed by atoms with Gasteiger partial charge in [-0.3, -0.25) is 14.4 Å². The van der Waals surface area contributed by atoms with E-state index in [2.05, 4.69) is 10.4 Å². The fraction of sp³-hybridized carbons (Fsp3) is 0.111. The number of hydrazone groups is 1. The first-order valence-corrected chi connectivity index (χ1v) is 7.63. The predicted molar refractivity (Wildman–Crippen MR) is 93.9 cm³/mol. The number of hydrogen-bond acceptors (Lipinski definition) is 5. The fourth-order valence-corrected chi connectivity index (χ4v) is 2.50. The van der Waals surface area contributed by atoms with Crippen molar-refractivity contribution in [2.24, 2.45) is 16.8 Å². The molecule has 3 rings (SSSR count). The smallest absolute Gasteiger partial charge is 0.293 e. The summed E-state index contributed by atoms with van der Waals surface area (Å²) in [5, 5.41) is 7.48. The quantitative estimate of drug-likeness (QED) is 0.651. The van der Waals surface area contributed by atoms with Crippen LogP contribution in [0.1, 0.15) is 5.56 Å². The molecule has 1 aliphatic rings. The van der Waals surface area contributed by atoms with Crippen molar-refractivity contribution in [2.45, 2.75) is 6.92 Å². The third-order valence-electron chi connectivity index (χ3n) is 3.85. The first-order valence-electron chi connectivity index (χ1n) is 7.63. The maximum absolute atomic E-state index is 12.5. The second kappa shape index (κ2) is 6.56. The second-order valence-corrected chi connectivity index (χ2v) is 5.58. The Labute approximate surface area is 144 Å². The minimum Gasteiger partial charge on any atom is -0.385 e. The van der Waals surface area contributed by atoms with Gasteiger partial charge in [0.25, 0.3) is 11.8 Å². The van der Waals surface area contributed by atoms with Crippen molar-refractivity contribution in [1.82, 2.24) is 0 Å². The van der Waals surface area contributed by atoms with Crippen molar-refractivity contribution in [3.05, 3.63) is 60.2 Å². The number of rotatable bonds is 4. The van der Waals surface area contributed by atoms with E-state index in [0.29, 0.717) is 11.4 Å². The van der Waals surface area contributed by atoms with Gasteiger partial charge in [0.2, 0.25) is 5.78 Å². The number of ketones is 1. The van der Waals surface area contributed by atoms with Crippen LogP contribution < -0.4 is 16.1 Å². The number of nitrogens with one attached hydrogen (secondary N) is 1. The van der Waals surface area contributed by atoms with Crippen molar-refractivity contribution in [1.29, 1.82) is 0 Å². The number of hydrogen-bond donors (Lipinski definition) is 2. The van der Waals surface area contributed by atoms with Gasteiger partial charge in [0.1, 0.15) is 5.84 Å². The summed E-state index contributed by atoms with van der Waals surface area (Å²) < 4.78 is 0. The number of nitrogens with zero attached hydrogens (tertiary/aromatic N) is 2. The Kier molecular flexibility index (Phi) is 4.30. The van der Waals surface area contributed by atoms with Crippen LogP contribution in [0.3, 0.4) is 0 Å². The molecule has 0 radical (unpaired) electrons. The van der Waals surface area contributed by atoms with E-state index in [0.717, 1.165) is 10.6 Å². The predicted octanol–water partition coefficient (Wildman–Crippen LogP) is 1.44. The molecule has 3 N–H and O–H groups in total. The van der Waals surface area contributed by atoms with Crippen LogP contribution in [0.15, 0.2) is 59.7 Å². The zero-order valence-corrected chi connectivity index (χ0v) is 13.5. The number of Topliss-reactive ketones (excluding diaryl/α,β-unsaturated/α-hetero) is 1. The molecule has 0 bridgehead atoms. The maximum atomic E-state index is 12.5. The zero-order valence-electron chi connectivity index (χ0n) is 13.5. The summed E-state index contributed by atoms with van der Waals surface area (Å²) in [5.74, 6) is -4.09. The van der Waals surface area contributed by atoms with E-state index in [1.807, 2.05) is 6.07 Å². The first-order chi connectivity index (χ1) is 12.0. The SMILES string of the molecule is Cc1ccccc1NC(=O)C(=O)[C@@H]1C(=O)N(c2ccccc2)N=C1N. The molecule has 1 atom stereocenters. The highest BCUT2D eigenvalue weighted by molar-refractivity contribution is 6.50. The van der Waals surface area contributed by atoms with Gasteiger partial charge in [-0.25, -0.2) is 0 Å². The topological polar surface area (TPSA) is 105 Å². The number of carbonyl (C=O) groups is 3. The molecule has 1 aliphatic heterocycles. The largest absolute Gasteiger partial charge is 0.385 e. The van der Waals surface area contributed by atoms with Gasteiger partial charge < -0.3 is 11.1 Å². The number of amidine groups is 1. The molecular formula is C18H16N4O3. The lowest BCUT2D eigenvalue weighted by molar-refractivity contribution is -0.138. The van der Waals surface area contributed by atoms with Crippen LogP contribution in [0.5, 0.6) is 0 Å². The van der Waals surface area contributed by atoms with E-state index in [4.69, 9.17) is 5.73 Å². The second-order valence-electron chi connectivity index (χ2n) is 5.58. The molecule has 126 valence electrons. The number of aryl methyl sites for hydroxylation is 1. The summed E-state index contributed by atoms with van der Waals surface area (Å²) in [4.78, 5) is 37.2. The molecule has 7 heteroatoms. The van der Waals surface area contributed by atoms with Crippen LogP contribution in [-0.4, -0.2) is 23.4 Å². The van der Waals surface area contributed by atoms with Crippen LogP contribution in [-0.2, 0) is 14.4 Å². The Balaban J connectivity index is 1.79. The highest BCUT2D eigenvalue weighted by Crippen LogP contribution is 2.23. The Hall–Kier alpha value is -3.48. The Morgan fingerprint density at radius 1 is 1.08 bits per heavy atom. The van der Waals surface area contributed by atoms with Gasteiger partial charge in [0, 0.05) is 5.69 Å². The average molecular weight is 336 g/mol. The number of carbonyl (C=O) groups excluding carboxylic acids is 3. The minimum absolute atomic E-state index is 0.196. The molecule has 0 aromatic heterocycles. The van der Waals surface area contributed by atoms with Crippen molar-refractivity contribution in [2.75, 3.05) is 10.3 Å². The number of nitrogens with two attached hydrogens (primary N) is 1. The molecule has 1 heterocycles. The van der Waals surface area contributed by atoms with Crippen LogP contribution in [0.2, 0.25) is 0 Å². The van der Waals surface area contributed by atoms with Crippen LogP contribution in [0.4, 0.5) is 11.4 Å². The highest BCUT2D eigenvalue weighted by Gasteiger charge is 2.43. The average Bonchev–Trinajstić information content (AvgIpc) is 2.91. The third-order valence-corrected chi connectivity index (χ3v) is 3.85. The zero-order chi connectivity index (χ0) is 18.0. The number of anilines is 2. The molecule has 0 saturated heterocycles. The van der Waals surface area contributed by atoms with E-state index < -0.39 is 23.5 Å². The molecule has 2 aromatic rings. The lowest BCUT2D eigenvalue weighted by atomic mass is 10.0. The standard InChI is InChI=1S/C18H16N4O3/c1-11-7-5-6-10-13(11)20-17(24)15(23)14-16(19)21-22(18(14)25)12-8-3-2-4-9-12/h2-10,14H,1H3,(H2,19,21)(H,20,24)/t14-/m0/s1. The van der Waals surface area contributed by atoms with E-state index in [1.165, 1.54) is 0 Å². The summed E-state index contributed by atoms with van der Waals surface area (Å²) in [5.41, 5.74) is 7.52. The number of amides is 2. The minimum atomic E-state index is -1.41. The van der Waals surface area contributed by atoms with Gasteiger partial charge in [-0.2, -0.15) is 10.1 Å². The molecular weight excluding hydrogens is 320 g/mol. The van der Waals surface area contributed by atoms with Gasteiger partial charge in [0.05, 0.1) is 5.69 Å². The van der Waals surface area contributed by atoms with Gasteiger partial charge in [-0.1, -0.05) is 36.4 Å². The molecule has 0 aliphatic carbocycles. The van der Waals surface area contributed by atoms with Crippen molar-refractivity contribution in [3.8, 4) is 0 Å². The van der Waals surface area contributed by atoms with Crippen molar-refractivity contribution < 1.29 is 14.4 Å². The van der Waals surface area contributed by atoms with Crippen molar-refractivity contribution >= 4 is 34.8 Å². The molecule has 0 fully saturated rings. The maximum Gasteiger partial charge on any atom is 0.293 e. The normalized spacial score (nSPS) is 16.5. The number of para-hydroxylation sites is 2. The van der Waals surface area contributed by atoms with Crippen LogP contribution in [0.25, 0.3) is 0 Å². The van der Waals surface area contributed by atoms with E-state index in [9.17, 15) is 14.4 Å². The van der Waals surface area contributed by atoms with E-state index >= 15 is 0 Å². The van der Waals surface area contributed by atoms with Gasteiger partial charge in [-0.05, 0) is 30.7 Å². The van der Waals surface area contributed by atoms with Gasteiger partial charge >= 0.3 is 0 Å². The lowest BCUT2D eigenvalue weighted by Crippen LogP contribution is -2.41. The monoisotopic (exact) mass is 336 g/mol. The Bertz CT molecular complexity index is 877. The van der Waals surface area contributed by atoms with Crippen LogP contribution >= 0.6 is 0 Å². The molecule has 2 amide bonds.